The third-order valence-corrected chi connectivity index (χ3v) is 4.03. The Morgan fingerprint density at radius 2 is 1.91 bits per heavy atom. The molecule has 4 rings (SSSR count). The zero-order valence-electron chi connectivity index (χ0n) is 11.7. The Balaban J connectivity index is 1.93. The third kappa shape index (κ3) is 2.17. The molecule has 0 bridgehead atoms. The molecule has 0 saturated carbocycles. The Kier molecular flexibility index (Phi) is 2.93. The zero-order valence-corrected chi connectivity index (χ0v) is 12.5. The first-order chi connectivity index (χ1) is 11.2. The van der Waals surface area contributed by atoms with Crippen LogP contribution < -0.4 is 5.73 Å². The van der Waals surface area contributed by atoms with Crippen molar-refractivity contribution in [1.82, 2.24) is 9.97 Å². The van der Waals surface area contributed by atoms with Gasteiger partial charge >= 0.3 is 0 Å². The van der Waals surface area contributed by atoms with Crippen LogP contribution in [0.25, 0.3) is 37.8 Å². The van der Waals surface area contributed by atoms with Crippen LogP contribution in [0.5, 0.6) is 0 Å². The van der Waals surface area contributed by atoms with Gasteiger partial charge < -0.3 is 15.0 Å². The van der Waals surface area contributed by atoms with Crippen molar-refractivity contribution in [2.75, 3.05) is 5.73 Å². The summed E-state index contributed by atoms with van der Waals surface area (Å²) in [6, 6.07) is 11.7. The highest BCUT2D eigenvalue weighted by Crippen LogP contribution is 2.34. The minimum Gasteiger partial charge on any atom is -0.424 e. The standard InChI is InChI=1S/C17H9ClN4O/c1-20-16-15(18)12-6-9(2-3-11(12)8-21-16)10-4-5-14-13(7-10)22-17(19)23-14/h2-8H,(H2,19,22). The number of nitrogens with two attached hydrogens (primary N) is 1. The smallest absolute Gasteiger partial charge is 0.292 e. The van der Waals surface area contributed by atoms with E-state index in [1.165, 1.54) is 0 Å². The molecule has 6 heteroatoms. The molecule has 5 nitrogen and oxygen atoms in total. The molecule has 0 unspecified atom stereocenters. The lowest BCUT2D eigenvalue weighted by molar-refractivity contribution is 0.626. The van der Waals surface area contributed by atoms with Gasteiger partial charge in [0, 0.05) is 5.39 Å². The minimum atomic E-state index is 0.145. The number of benzene rings is 2. The number of halogens is 1. The van der Waals surface area contributed by atoms with Crippen LogP contribution in [-0.4, -0.2) is 9.97 Å². The summed E-state index contributed by atoms with van der Waals surface area (Å²) < 4.78 is 5.28. The SMILES string of the molecule is [C-]#[N+]c1ncc2ccc(-c3ccc4oc(N)nc4c3)cc2c1Cl. The maximum Gasteiger partial charge on any atom is 0.292 e. The fourth-order valence-corrected chi connectivity index (χ4v) is 2.80. The monoisotopic (exact) mass is 320 g/mol. The molecule has 0 fully saturated rings. The molecule has 0 saturated heterocycles. The lowest BCUT2D eigenvalue weighted by atomic mass is 10.0. The number of aromatic nitrogens is 2. The summed E-state index contributed by atoms with van der Waals surface area (Å²) in [5.74, 6) is 0.205. The summed E-state index contributed by atoms with van der Waals surface area (Å²) >= 11 is 6.28. The maximum absolute atomic E-state index is 7.12. The van der Waals surface area contributed by atoms with E-state index in [1.807, 2.05) is 36.4 Å². The predicted octanol–water partition coefficient (Wildman–Crippen LogP) is 4.83. The molecule has 2 aromatic heterocycles. The van der Waals surface area contributed by atoms with E-state index in [4.69, 9.17) is 28.3 Å². The lowest BCUT2D eigenvalue weighted by Gasteiger charge is -2.05. The van der Waals surface area contributed by atoms with E-state index in [-0.39, 0.29) is 11.8 Å². The van der Waals surface area contributed by atoms with Crippen LogP contribution in [0.3, 0.4) is 0 Å². The van der Waals surface area contributed by atoms with E-state index in [0.717, 1.165) is 21.9 Å². The fraction of sp³-hybridized carbons (Fsp3) is 0. The van der Waals surface area contributed by atoms with Crippen LogP contribution in [0.15, 0.2) is 47.0 Å². The summed E-state index contributed by atoms with van der Waals surface area (Å²) in [4.78, 5) is 11.5. The molecule has 0 amide bonds. The van der Waals surface area contributed by atoms with Crippen LogP contribution in [0, 0.1) is 6.57 Å². The average molecular weight is 321 g/mol. The van der Waals surface area contributed by atoms with E-state index < -0.39 is 0 Å². The molecule has 2 N–H and O–H groups in total. The molecule has 2 heterocycles. The molecule has 0 aliphatic heterocycles. The Morgan fingerprint density at radius 1 is 1.13 bits per heavy atom. The Morgan fingerprint density at radius 3 is 2.74 bits per heavy atom. The van der Waals surface area contributed by atoms with Gasteiger partial charge in [-0.25, -0.2) is 0 Å². The van der Waals surface area contributed by atoms with Gasteiger partial charge in [-0.15, -0.1) is 4.98 Å². The highest BCUT2D eigenvalue weighted by atomic mass is 35.5. The second-order valence-corrected chi connectivity index (χ2v) is 5.42. The summed E-state index contributed by atoms with van der Waals surface area (Å²) in [6.45, 7) is 7.12. The Hall–Kier alpha value is -3.10. The van der Waals surface area contributed by atoms with E-state index >= 15 is 0 Å². The minimum absolute atomic E-state index is 0.145. The van der Waals surface area contributed by atoms with Crippen LogP contribution in [0.1, 0.15) is 0 Å². The summed E-state index contributed by atoms with van der Waals surface area (Å²) in [7, 11) is 0. The second kappa shape index (κ2) is 4.97. The quantitative estimate of drug-likeness (QED) is 0.510. The number of fused-ring (bicyclic) bond motifs is 2. The van der Waals surface area contributed by atoms with Crippen molar-refractivity contribution in [3.63, 3.8) is 0 Å². The summed E-state index contributed by atoms with van der Waals surface area (Å²) in [5, 5.41) is 2.05. The van der Waals surface area contributed by atoms with Gasteiger partial charge in [-0.3, -0.25) is 0 Å². The first-order valence-corrected chi connectivity index (χ1v) is 7.15. The van der Waals surface area contributed by atoms with Crippen LogP contribution in [-0.2, 0) is 0 Å². The fourth-order valence-electron chi connectivity index (χ4n) is 2.55. The molecule has 0 aliphatic carbocycles. The van der Waals surface area contributed by atoms with E-state index in [2.05, 4.69) is 14.8 Å². The van der Waals surface area contributed by atoms with Gasteiger partial charge in [0.05, 0.1) is 5.02 Å². The molecular weight excluding hydrogens is 312 g/mol. The summed E-state index contributed by atoms with van der Waals surface area (Å²) in [6.07, 6.45) is 1.65. The first kappa shape index (κ1) is 13.6. The Bertz CT molecular complexity index is 1110. The van der Waals surface area contributed by atoms with Gasteiger partial charge in [-0.05, 0) is 34.7 Å². The lowest BCUT2D eigenvalue weighted by Crippen LogP contribution is -1.83. The molecule has 4 aromatic rings. The van der Waals surface area contributed by atoms with Gasteiger partial charge in [-0.2, -0.15) is 4.98 Å². The van der Waals surface area contributed by atoms with Crippen LogP contribution in [0.4, 0.5) is 11.8 Å². The average Bonchev–Trinajstić information content (AvgIpc) is 2.94. The van der Waals surface area contributed by atoms with E-state index in [9.17, 15) is 0 Å². The second-order valence-electron chi connectivity index (χ2n) is 5.04. The number of hydrogen-bond acceptors (Lipinski definition) is 4. The number of nitrogen functional groups attached to an aromatic ring is 1. The molecule has 0 spiro atoms. The Labute approximate surface area is 136 Å². The van der Waals surface area contributed by atoms with Crippen molar-refractivity contribution < 1.29 is 4.42 Å². The normalized spacial score (nSPS) is 11.0. The van der Waals surface area contributed by atoms with Gasteiger partial charge in [0.2, 0.25) is 0 Å². The highest BCUT2D eigenvalue weighted by molar-refractivity contribution is 6.38. The number of hydrogen-bond donors (Lipinski definition) is 1. The van der Waals surface area contributed by atoms with Gasteiger partial charge in [0.15, 0.2) is 5.58 Å². The number of anilines is 1. The molecular formula is C17H9ClN4O. The van der Waals surface area contributed by atoms with Crippen molar-refractivity contribution in [3.05, 3.63) is 59.0 Å². The number of rotatable bonds is 1. The number of pyridine rings is 1. The van der Waals surface area contributed by atoms with Gasteiger partial charge in [0.25, 0.3) is 11.8 Å². The molecule has 23 heavy (non-hydrogen) atoms. The molecule has 2 aromatic carbocycles. The van der Waals surface area contributed by atoms with E-state index in [0.29, 0.717) is 16.1 Å². The van der Waals surface area contributed by atoms with Gasteiger partial charge in [-0.1, -0.05) is 36.4 Å². The molecule has 0 radical (unpaired) electrons. The number of oxazole rings is 1. The first-order valence-electron chi connectivity index (χ1n) is 6.78. The molecule has 0 atom stereocenters. The van der Waals surface area contributed by atoms with Crippen molar-refractivity contribution in [2.24, 2.45) is 0 Å². The maximum atomic E-state index is 7.12. The highest BCUT2D eigenvalue weighted by Gasteiger charge is 2.10. The van der Waals surface area contributed by atoms with Crippen LogP contribution in [0.2, 0.25) is 5.02 Å². The van der Waals surface area contributed by atoms with Gasteiger partial charge in [0.1, 0.15) is 11.7 Å². The largest absolute Gasteiger partial charge is 0.424 e. The van der Waals surface area contributed by atoms with E-state index in [1.54, 1.807) is 6.20 Å². The van der Waals surface area contributed by atoms with Crippen molar-refractivity contribution >= 4 is 45.3 Å². The van der Waals surface area contributed by atoms with Crippen LogP contribution >= 0.6 is 11.6 Å². The zero-order chi connectivity index (χ0) is 16.0. The molecule has 110 valence electrons. The number of nitrogens with zero attached hydrogens (tertiary/aromatic N) is 3. The van der Waals surface area contributed by atoms with Crippen molar-refractivity contribution in [3.8, 4) is 11.1 Å². The topological polar surface area (TPSA) is 69.3 Å². The molecule has 0 aliphatic rings. The third-order valence-electron chi connectivity index (χ3n) is 3.66. The summed E-state index contributed by atoms with van der Waals surface area (Å²) in [5.41, 5.74) is 8.84. The predicted molar refractivity (Wildman–Crippen MR) is 90.4 cm³/mol. The van der Waals surface area contributed by atoms with Crippen molar-refractivity contribution in [2.45, 2.75) is 0 Å². The van der Waals surface area contributed by atoms with Crippen molar-refractivity contribution in [1.29, 1.82) is 0 Å².